The lowest BCUT2D eigenvalue weighted by Crippen LogP contribution is -2.47. The Morgan fingerprint density at radius 3 is 2.52 bits per heavy atom. The molecule has 1 aromatic rings. The average molecular weight is 316 g/mol. The molecule has 1 rings (SSSR count). The molecule has 2 amide bonds. The first-order valence-corrected chi connectivity index (χ1v) is 7.57. The maximum absolute atomic E-state index is 12.4. The Bertz CT molecular complexity index is 559. The molecule has 0 aliphatic heterocycles. The summed E-state index contributed by atoms with van der Waals surface area (Å²) in [5, 5.41) is 2.71. The van der Waals surface area contributed by atoms with Gasteiger partial charge >= 0.3 is 0 Å². The van der Waals surface area contributed by atoms with Gasteiger partial charge in [0.05, 0.1) is 6.61 Å². The minimum Gasteiger partial charge on any atom is -0.494 e. The lowest BCUT2D eigenvalue weighted by molar-refractivity contribution is -0.131. The Morgan fingerprint density at radius 2 is 1.96 bits per heavy atom. The van der Waals surface area contributed by atoms with Crippen LogP contribution in [0.4, 0.5) is 0 Å². The van der Waals surface area contributed by atoms with Crippen molar-refractivity contribution in [1.82, 2.24) is 10.2 Å². The molecule has 124 valence electrons. The van der Waals surface area contributed by atoms with E-state index in [2.05, 4.69) is 18.5 Å². The molecule has 0 heterocycles. The van der Waals surface area contributed by atoms with E-state index in [0.717, 1.165) is 0 Å². The molecule has 0 bridgehead atoms. The van der Waals surface area contributed by atoms with Gasteiger partial charge in [-0.1, -0.05) is 18.2 Å². The van der Waals surface area contributed by atoms with Gasteiger partial charge in [-0.25, -0.2) is 0 Å². The molecule has 23 heavy (non-hydrogen) atoms. The van der Waals surface area contributed by atoms with Gasteiger partial charge in [-0.3, -0.25) is 9.59 Å². The predicted octanol–water partition coefficient (Wildman–Crippen LogP) is 2.40. The molecule has 0 radical (unpaired) electrons. The second kappa shape index (κ2) is 9.46. The second-order valence-corrected chi connectivity index (χ2v) is 4.98. The highest BCUT2D eigenvalue weighted by Crippen LogP contribution is 2.13. The topological polar surface area (TPSA) is 58.6 Å². The summed E-state index contributed by atoms with van der Waals surface area (Å²) < 4.78 is 5.37. The molecule has 0 aliphatic carbocycles. The number of nitrogens with zero attached hydrogens (tertiary/aromatic N) is 1. The largest absolute Gasteiger partial charge is 0.494 e. The molecule has 5 heteroatoms. The maximum Gasteiger partial charge on any atom is 0.252 e. The zero-order chi connectivity index (χ0) is 17.2. The van der Waals surface area contributed by atoms with Crippen LogP contribution in [0.25, 0.3) is 0 Å². The Hall–Kier alpha value is -2.56. The van der Waals surface area contributed by atoms with Crippen molar-refractivity contribution in [3.8, 4) is 5.75 Å². The lowest BCUT2D eigenvalue weighted by atomic mass is 10.2. The number of carbonyl (C=O) groups excluding carboxylic acids is 2. The van der Waals surface area contributed by atoms with E-state index in [4.69, 9.17) is 4.74 Å². The van der Waals surface area contributed by atoms with E-state index in [9.17, 15) is 9.59 Å². The van der Waals surface area contributed by atoms with Crippen molar-refractivity contribution in [2.45, 2.75) is 19.9 Å². The standard InChI is InChI=1S/C18H24N2O3/c1-5-11-20(12-6-2)18(22)14(4)19-17(21)15-9-8-10-16(13-15)23-7-3/h5-6,8-10,13-14H,1-2,7,11-12H2,3-4H3,(H,19,21). The van der Waals surface area contributed by atoms with Gasteiger partial charge < -0.3 is 15.0 Å². The third-order valence-corrected chi connectivity index (χ3v) is 3.14. The summed E-state index contributed by atoms with van der Waals surface area (Å²) in [5.74, 6) is 0.128. The third-order valence-electron chi connectivity index (χ3n) is 3.14. The summed E-state index contributed by atoms with van der Waals surface area (Å²) in [4.78, 5) is 26.2. The van der Waals surface area contributed by atoms with E-state index in [1.54, 1.807) is 48.2 Å². The van der Waals surface area contributed by atoms with E-state index in [1.807, 2.05) is 6.92 Å². The zero-order valence-corrected chi connectivity index (χ0v) is 13.7. The Kier molecular flexibility index (Phi) is 7.60. The molecular formula is C18H24N2O3. The molecule has 5 nitrogen and oxygen atoms in total. The van der Waals surface area contributed by atoms with Crippen LogP contribution in [0.1, 0.15) is 24.2 Å². The van der Waals surface area contributed by atoms with Gasteiger partial charge in [0, 0.05) is 18.7 Å². The smallest absolute Gasteiger partial charge is 0.252 e. The number of rotatable bonds is 9. The van der Waals surface area contributed by atoms with Crippen molar-refractivity contribution in [2.24, 2.45) is 0 Å². The van der Waals surface area contributed by atoms with E-state index in [0.29, 0.717) is 31.0 Å². The molecule has 0 aliphatic rings. The Labute approximate surface area is 137 Å². The highest BCUT2D eigenvalue weighted by molar-refractivity contribution is 5.97. The van der Waals surface area contributed by atoms with Crippen LogP contribution in [0, 0.1) is 0 Å². The number of nitrogens with one attached hydrogen (secondary N) is 1. The van der Waals surface area contributed by atoms with Crippen LogP contribution in [-0.2, 0) is 4.79 Å². The van der Waals surface area contributed by atoms with Gasteiger partial charge in [-0.15, -0.1) is 13.2 Å². The molecular weight excluding hydrogens is 292 g/mol. The van der Waals surface area contributed by atoms with Gasteiger partial charge in [0.15, 0.2) is 0 Å². The van der Waals surface area contributed by atoms with Crippen LogP contribution in [0.3, 0.4) is 0 Å². The van der Waals surface area contributed by atoms with Gasteiger partial charge in [0.1, 0.15) is 11.8 Å². The van der Waals surface area contributed by atoms with Crippen LogP contribution < -0.4 is 10.1 Å². The number of hydrogen-bond acceptors (Lipinski definition) is 3. The first-order chi connectivity index (χ1) is 11.0. The molecule has 1 aromatic carbocycles. The highest BCUT2D eigenvalue weighted by Gasteiger charge is 2.21. The van der Waals surface area contributed by atoms with Crippen LogP contribution in [0.5, 0.6) is 5.75 Å². The maximum atomic E-state index is 12.4. The molecule has 0 spiro atoms. The molecule has 0 fully saturated rings. The predicted molar refractivity (Wildman–Crippen MR) is 91.5 cm³/mol. The first-order valence-electron chi connectivity index (χ1n) is 7.57. The van der Waals surface area contributed by atoms with Crippen molar-refractivity contribution >= 4 is 11.8 Å². The van der Waals surface area contributed by atoms with Crippen molar-refractivity contribution in [1.29, 1.82) is 0 Å². The third kappa shape index (κ3) is 5.62. The van der Waals surface area contributed by atoms with E-state index < -0.39 is 6.04 Å². The summed E-state index contributed by atoms with van der Waals surface area (Å²) in [6.07, 6.45) is 3.28. The van der Waals surface area contributed by atoms with Crippen molar-refractivity contribution in [2.75, 3.05) is 19.7 Å². The lowest BCUT2D eigenvalue weighted by Gasteiger charge is -2.24. The minimum absolute atomic E-state index is 0.181. The van der Waals surface area contributed by atoms with Crippen molar-refractivity contribution < 1.29 is 14.3 Å². The quantitative estimate of drug-likeness (QED) is 0.712. The summed E-state index contributed by atoms with van der Waals surface area (Å²) in [5.41, 5.74) is 0.453. The number of amides is 2. The summed E-state index contributed by atoms with van der Waals surface area (Å²) in [6, 6.07) is 6.22. The fraction of sp³-hybridized carbons (Fsp3) is 0.333. The normalized spacial score (nSPS) is 11.2. The Balaban J connectivity index is 2.75. The molecule has 1 N–H and O–H groups in total. The molecule has 1 unspecified atom stereocenters. The fourth-order valence-corrected chi connectivity index (χ4v) is 2.08. The summed E-state index contributed by atoms with van der Waals surface area (Å²) in [6.45, 7) is 12.1. The minimum atomic E-state index is -0.641. The van der Waals surface area contributed by atoms with Gasteiger partial charge in [0.25, 0.3) is 5.91 Å². The number of benzene rings is 1. The van der Waals surface area contributed by atoms with Gasteiger partial charge in [-0.2, -0.15) is 0 Å². The number of hydrogen-bond donors (Lipinski definition) is 1. The van der Waals surface area contributed by atoms with Crippen LogP contribution in [0.15, 0.2) is 49.6 Å². The molecule has 1 atom stereocenters. The first kappa shape index (κ1) is 18.5. The monoisotopic (exact) mass is 316 g/mol. The van der Waals surface area contributed by atoms with Crippen LogP contribution >= 0.6 is 0 Å². The molecule has 0 aromatic heterocycles. The SMILES string of the molecule is C=CCN(CC=C)C(=O)C(C)NC(=O)c1cccc(OCC)c1. The van der Waals surface area contributed by atoms with Gasteiger partial charge in [-0.05, 0) is 32.0 Å². The van der Waals surface area contributed by atoms with Crippen LogP contribution in [-0.4, -0.2) is 42.5 Å². The van der Waals surface area contributed by atoms with E-state index in [-0.39, 0.29) is 11.8 Å². The highest BCUT2D eigenvalue weighted by atomic mass is 16.5. The van der Waals surface area contributed by atoms with E-state index >= 15 is 0 Å². The van der Waals surface area contributed by atoms with Crippen LogP contribution in [0.2, 0.25) is 0 Å². The fourth-order valence-electron chi connectivity index (χ4n) is 2.08. The zero-order valence-electron chi connectivity index (χ0n) is 13.7. The summed E-state index contributed by atoms with van der Waals surface area (Å²) in [7, 11) is 0. The summed E-state index contributed by atoms with van der Waals surface area (Å²) >= 11 is 0. The Morgan fingerprint density at radius 1 is 1.30 bits per heavy atom. The number of ether oxygens (including phenoxy) is 1. The van der Waals surface area contributed by atoms with Gasteiger partial charge in [0.2, 0.25) is 5.91 Å². The van der Waals surface area contributed by atoms with Crippen molar-refractivity contribution in [3.05, 3.63) is 55.1 Å². The van der Waals surface area contributed by atoms with E-state index in [1.165, 1.54) is 0 Å². The average Bonchev–Trinajstić information content (AvgIpc) is 2.54. The second-order valence-electron chi connectivity index (χ2n) is 4.98. The molecule has 0 saturated heterocycles. The molecule has 0 saturated carbocycles. The van der Waals surface area contributed by atoms with Crippen molar-refractivity contribution in [3.63, 3.8) is 0 Å². The number of carbonyl (C=O) groups is 2.